The highest BCUT2D eigenvalue weighted by Crippen LogP contribution is 2.22. The van der Waals surface area contributed by atoms with Crippen LogP contribution in [0.25, 0.3) is 0 Å². The molecule has 1 fully saturated rings. The van der Waals surface area contributed by atoms with Crippen LogP contribution in [0.4, 0.5) is 17.3 Å². The fraction of sp³-hybridized carbons (Fsp3) is 0.269. The first-order valence-corrected chi connectivity index (χ1v) is 12.4. The zero-order valence-electron chi connectivity index (χ0n) is 21.3. The first-order valence-electron chi connectivity index (χ1n) is 12.0. The van der Waals surface area contributed by atoms with Crippen LogP contribution in [-0.4, -0.2) is 76.8 Å². The van der Waals surface area contributed by atoms with E-state index in [2.05, 4.69) is 25.6 Å². The van der Waals surface area contributed by atoms with E-state index in [1.807, 2.05) is 4.90 Å². The largest absolute Gasteiger partial charge is 0.465 e. The Labute approximate surface area is 229 Å². The molecule has 39 heavy (non-hydrogen) atoms. The topological polar surface area (TPSA) is 147 Å². The summed E-state index contributed by atoms with van der Waals surface area (Å²) in [6.45, 7) is 4.12. The number of carbonyl (C=O) groups excluding carboxylic acids is 4. The molecule has 0 radical (unpaired) electrons. The molecule has 0 aliphatic carbocycles. The van der Waals surface area contributed by atoms with Crippen molar-refractivity contribution in [3.8, 4) is 0 Å². The van der Waals surface area contributed by atoms with Crippen LogP contribution in [0.5, 0.6) is 0 Å². The maximum absolute atomic E-state index is 13.1. The van der Waals surface area contributed by atoms with Gasteiger partial charge < -0.3 is 25.2 Å². The molecule has 2 N–H and O–H groups in total. The molecule has 3 amide bonds. The molecule has 1 aromatic carbocycles. The second-order valence-corrected chi connectivity index (χ2v) is 9.06. The minimum absolute atomic E-state index is 0.00664. The highest BCUT2D eigenvalue weighted by molar-refractivity contribution is 6.30. The molecule has 3 aromatic rings. The zero-order chi connectivity index (χ0) is 27.9. The Hall–Kier alpha value is -4.58. The van der Waals surface area contributed by atoms with E-state index in [9.17, 15) is 19.2 Å². The number of amides is 3. The molecule has 0 spiro atoms. The van der Waals surface area contributed by atoms with E-state index >= 15 is 0 Å². The molecule has 0 unspecified atom stereocenters. The Morgan fingerprint density at radius 1 is 0.897 bits per heavy atom. The first kappa shape index (κ1) is 27.5. The Kier molecular flexibility index (Phi) is 8.67. The SMILES string of the molecule is COC(=O)c1ccc(NC(=O)c2cnc(N3CCCN(C(C)=O)CC3)cn2)c(C(=O)Nc2ccc(Cl)cn2)c1. The Bertz CT molecular complexity index is 1380. The molecule has 2 aromatic heterocycles. The van der Waals surface area contributed by atoms with Crippen LogP contribution in [0.15, 0.2) is 48.9 Å². The number of rotatable bonds is 6. The molecular weight excluding hydrogens is 526 g/mol. The number of ether oxygens (including phenoxy) is 1. The van der Waals surface area contributed by atoms with Crippen LogP contribution in [0.1, 0.15) is 44.5 Å². The standard InChI is InChI=1S/C26H26ClN7O5/c1-16(35)33-8-3-9-34(11-10-33)23-15-28-21(14-30-23)25(37)31-20-6-4-17(26(38)39-2)12-19(20)24(36)32-22-7-5-18(27)13-29-22/h4-7,12-15H,3,8-11H2,1-2H3,(H,31,37)(H,29,32,36). The molecule has 0 atom stereocenters. The predicted octanol–water partition coefficient (Wildman–Crippen LogP) is 2.87. The van der Waals surface area contributed by atoms with E-state index in [1.54, 1.807) is 17.9 Å². The fourth-order valence-corrected chi connectivity index (χ4v) is 4.08. The number of esters is 1. The summed E-state index contributed by atoms with van der Waals surface area (Å²) in [4.78, 5) is 66.3. The number of hydrogen-bond acceptors (Lipinski definition) is 9. The minimum Gasteiger partial charge on any atom is -0.465 e. The van der Waals surface area contributed by atoms with E-state index in [-0.39, 0.29) is 34.2 Å². The van der Waals surface area contributed by atoms with Crippen molar-refractivity contribution >= 4 is 52.6 Å². The third-order valence-electron chi connectivity index (χ3n) is 6.04. The number of aromatic nitrogens is 3. The van der Waals surface area contributed by atoms with Crippen LogP contribution >= 0.6 is 11.6 Å². The summed E-state index contributed by atoms with van der Waals surface area (Å²) in [5, 5.41) is 5.67. The van der Waals surface area contributed by atoms with Crippen LogP contribution in [0.3, 0.4) is 0 Å². The summed E-state index contributed by atoms with van der Waals surface area (Å²) in [5.41, 5.74) is 0.297. The van der Waals surface area contributed by atoms with Crippen molar-refractivity contribution in [1.82, 2.24) is 19.9 Å². The number of hydrogen-bond donors (Lipinski definition) is 2. The lowest BCUT2D eigenvalue weighted by molar-refractivity contribution is -0.128. The van der Waals surface area contributed by atoms with Gasteiger partial charge in [-0.1, -0.05) is 11.6 Å². The molecule has 1 aliphatic rings. The molecule has 1 saturated heterocycles. The van der Waals surface area contributed by atoms with Gasteiger partial charge in [0.05, 0.1) is 41.3 Å². The summed E-state index contributed by atoms with van der Waals surface area (Å²) < 4.78 is 4.75. The molecule has 13 heteroatoms. The number of anilines is 3. The summed E-state index contributed by atoms with van der Waals surface area (Å²) in [7, 11) is 1.22. The van der Waals surface area contributed by atoms with Gasteiger partial charge >= 0.3 is 5.97 Å². The quantitative estimate of drug-likeness (QED) is 0.441. The summed E-state index contributed by atoms with van der Waals surface area (Å²) in [6, 6.07) is 7.24. The van der Waals surface area contributed by atoms with Crippen molar-refractivity contribution < 1.29 is 23.9 Å². The summed E-state index contributed by atoms with van der Waals surface area (Å²) in [5.74, 6) is -1.01. The van der Waals surface area contributed by atoms with Crippen LogP contribution in [-0.2, 0) is 9.53 Å². The molecule has 202 valence electrons. The lowest BCUT2D eigenvalue weighted by atomic mass is 10.1. The Morgan fingerprint density at radius 3 is 2.38 bits per heavy atom. The van der Waals surface area contributed by atoms with E-state index in [4.69, 9.17) is 16.3 Å². The second kappa shape index (κ2) is 12.3. The van der Waals surface area contributed by atoms with Crippen molar-refractivity contribution in [3.05, 3.63) is 70.8 Å². The van der Waals surface area contributed by atoms with Crippen LogP contribution in [0.2, 0.25) is 5.02 Å². The van der Waals surface area contributed by atoms with Crippen molar-refractivity contribution in [1.29, 1.82) is 0 Å². The van der Waals surface area contributed by atoms with E-state index in [1.165, 1.54) is 50.0 Å². The van der Waals surface area contributed by atoms with E-state index in [0.29, 0.717) is 37.0 Å². The Morgan fingerprint density at radius 2 is 1.72 bits per heavy atom. The van der Waals surface area contributed by atoms with E-state index < -0.39 is 17.8 Å². The molecule has 4 rings (SSSR count). The predicted molar refractivity (Wildman–Crippen MR) is 144 cm³/mol. The van der Waals surface area contributed by atoms with Crippen molar-refractivity contribution in [2.45, 2.75) is 13.3 Å². The number of methoxy groups -OCH3 is 1. The van der Waals surface area contributed by atoms with E-state index in [0.717, 1.165) is 6.42 Å². The lowest BCUT2D eigenvalue weighted by Crippen LogP contribution is -2.34. The summed E-state index contributed by atoms with van der Waals surface area (Å²) in [6.07, 6.45) is 5.01. The monoisotopic (exact) mass is 551 g/mol. The molecular formula is C26H26ClN7O5. The van der Waals surface area contributed by atoms with Gasteiger partial charge in [-0.2, -0.15) is 0 Å². The molecule has 0 bridgehead atoms. The maximum Gasteiger partial charge on any atom is 0.337 e. The highest BCUT2D eigenvalue weighted by Gasteiger charge is 2.21. The lowest BCUT2D eigenvalue weighted by Gasteiger charge is -2.22. The highest BCUT2D eigenvalue weighted by atomic mass is 35.5. The van der Waals surface area contributed by atoms with Gasteiger partial charge in [0.1, 0.15) is 17.3 Å². The fourth-order valence-electron chi connectivity index (χ4n) is 3.97. The maximum atomic E-state index is 13.1. The normalized spacial score (nSPS) is 13.3. The number of nitrogens with one attached hydrogen (secondary N) is 2. The number of halogens is 1. The number of benzene rings is 1. The van der Waals surface area contributed by atoms with Crippen molar-refractivity contribution in [2.24, 2.45) is 0 Å². The van der Waals surface area contributed by atoms with Gasteiger partial charge in [0.2, 0.25) is 5.91 Å². The second-order valence-electron chi connectivity index (χ2n) is 8.63. The van der Waals surface area contributed by atoms with Crippen molar-refractivity contribution in [2.75, 3.05) is 48.8 Å². The van der Waals surface area contributed by atoms with Gasteiger partial charge in [-0.25, -0.2) is 19.7 Å². The van der Waals surface area contributed by atoms with Gasteiger partial charge in [-0.3, -0.25) is 14.4 Å². The van der Waals surface area contributed by atoms with Gasteiger partial charge in [-0.15, -0.1) is 0 Å². The van der Waals surface area contributed by atoms with Crippen molar-refractivity contribution in [3.63, 3.8) is 0 Å². The van der Waals surface area contributed by atoms with Gasteiger partial charge in [0, 0.05) is 39.3 Å². The molecule has 12 nitrogen and oxygen atoms in total. The number of nitrogens with zero attached hydrogens (tertiary/aromatic N) is 5. The van der Waals surface area contributed by atoms with Gasteiger partial charge in [-0.05, 0) is 36.8 Å². The third kappa shape index (κ3) is 6.85. The Balaban J connectivity index is 1.51. The molecule has 1 aliphatic heterocycles. The molecule has 0 saturated carbocycles. The van der Waals surface area contributed by atoms with Crippen LogP contribution < -0.4 is 15.5 Å². The summed E-state index contributed by atoms with van der Waals surface area (Å²) >= 11 is 5.85. The first-order chi connectivity index (χ1) is 18.7. The zero-order valence-corrected chi connectivity index (χ0v) is 22.1. The van der Waals surface area contributed by atoms with Crippen LogP contribution in [0, 0.1) is 0 Å². The third-order valence-corrected chi connectivity index (χ3v) is 6.26. The average molecular weight is 552 g/mol. The number of pyridine rings is 1. The van der Waals surface area contributed by atoms with Gasteiger partial charge in [0.25, 0.3) is 11.8 Å². The smallest absolute Gasteiger partial charge is 0.337 e. The molecule has 3 heterocycles. The average Bonchev–Trinajstić information content (AvgIpc) is 3.21. The number of carbonyl (C=O) groups is 4. The minimum atomic E-state index is -0.645. The van der Waals surface area contributed by atoms with Gasteiger partial charge in [0.15, 0.2) is 0 Å².